The maximum atomic E-state index is 12.2. The standard InChI is InChI=1S/C19H22N2OS2/c1-23-18-8-4-16(5-9-18)19(22)20-14-15-2-6-17(7-3-15)21-10-12-24-13-11-21/h2-9H,10-14H2,1H3,(H,20,22). The number of anilines is 1. The molecular weight excluding hydrogens is 336 g/mol. The maximum Gasteiger partial charge on any atom is 0.251 e. The van der Waals surface area contributed by atoms with Crippen LogP contribution in [0.25, 0.3) is 0 Å². The second-order valence-electron chi connectivity index (χ2n) is 5.68. The summed E-state index contributed by atoms with van der Waals surface area (Å²) in [7, 11) is 0. The van der Waals surface area contributed by atoms with Crippen molar-refractivity contribution in [2.75, 3.05) is 35.8 Å². The lowest BCUT2D eigenvalue weighted by Gasteiger charge is -2.28. The Morgan fingerprint density at radius 2 is 1.75 bits per heavy atom. The van der Waals surface area contributed by atoms with Crippen molar-refractivity contribution in [2.45, 2.75) is 11.4 Å². The van der Waals surface area contributed by atoms with E-state index in [2.05, 4.69) is 34.5 Å². The third-order valence-corrected chi connectivity index (χ3v) is 5.80. The SMILES string of the molecule is CSc1ccc(C(=O)NCc2ccc(N3CCSCC3)cc2)cc1. The van der Waals surface area contributed by atoms with Crippen LogP contribution in [0.5, 0.6) is 0 Å². The van der Waals surface area contributed by atoms with Gasteiger partial charge in [-0.25, -0.2) is 0 Å². The summed E-state index contributed by atoms with van der Waals surface area (Å²) in [6.07, 6.45) is 2.03. The number of hydrogen-bond acceptors (Lipinski definition) is 4. The van der Waals surface area contributed by atoms with Gasteiger partial charge in [0, 0.05) is 47.3 Å². The zero-order valence-corrected chi connectivity index (χ0v) is 15.5. The average Bonchev–Trinajstić information content (AvgIpc) is 2.67. The van der Waals surface area contributed by atoms with E-state index in [9.17, 15) is 4.79 Å². The molecule has 0 aliphatic carbocycles. The molecule has 2 aromatic carbocycles. The highest BCUT2D eigenvalue weighted by molar-refractivity contribution is 7.99. The molecule has 0 atom stereocenters. The maximum absolute atomic E-state index is 12.2. The van der Waals surface area contributed by atoms with E-state index in [1.54, 1.807) is 11.8 Å². The van der Waals surface area contributed by atoms with E-state index >= 15 is 0 Å². The molecule has 5 heteroatoms. The Kier molecular flexibility index (Phi) is 6.10. The minimum Gasteiger partial charge on any atom is -0.370 e. The van der Waals surface area contributed by atoms with Crippen molar-refractivity contribution in [3.63, 3.8) is 0 Å². The van der Waals surface area contributed by atoms with Gasteiger partial charge in [-0.2, -0.15) is 11.8 Å². The van der Waals surface area contributed by atoms with Gasteiger partial charge in [-0.05, 0) is 48.2 Å². The van der Waals surface area contributed by atoms with E-state index in [1.807, 2.05) is 42.3 Å². The summed E-state index contributed by atoms with van der Waals surface area (Å²) >= 11 is 3.69. The van der Waals surface area contributed by atoms with Crippen LogP contribution in [0.2, 0.25) is 0 Å². The van der Waals surface area contributed by atoms with E-state index in [0.717, 1.165) is 18.7 Å². The number of hydrogen-bond donors (Lipinski definition) is 1. The molecule has 0 radical (unpaired) electrons. The Bertz CT molecular complexity index is 665. The first-order chi connectivity index (χ1) is 11.8. The highest BCUT2D eigenvalue weighted by Crippen LogP contribution is 2.20. The van der Waals surface area contributed by atoms with Crippen molar-refractivity contribution in [2.24, 2.45) is 0 Å². The molecule has 1 fully saturated rings. The van der Waals surface area contributed by atoms with Gasteiger partial charge in [-0.15, -0.1) is 11.8 Å². The molecule has 1 amide bonds. The highest BCUT2D eigenvalue weighted by Gasteiger charge is 2.11. The number of thioether (sulfide) groups is 2. The molecule has 0 unspecified atom stereocenters. The molecule has 0 saturated carbocycles. The molecule has 1 aliphatic heterocycles. The van der Waals surface area contributed by atoms with E-state index < -0.39 is 0 Å². The lowest BCUT2D eigenvalue weighted by Crippen LogP contribution is -2.32. The normalized spacial score (nSPS) is 14.5. The summed E-state index contributed by atoms with van der Waals surface area (Å²) in [6.45, 7) is 2.79. The van der Waals surface area contributed by atoms with E-state index in [-0.39, 0.29) is 5.91 Å². The minimum absolute atomic E-state index is 0.0280. The topological polar surface area (TPSA) is 32.3 Å². The van der Waals surface area contributed by atoms with Crippen LogP contribution >= 0.6 is 23.5 Å². The molecule has 126 valence electrons. The first kappa shape index (κ1) is 17.2. The highest BCUT2D eigenvalue weighted by atomic mass is 32.2. The predicted molar refractivity (Wildman–Crippen MR) is 105 cm³/mol. The summed E-state index contributed by atoms with van der Waals surface area (Å²) < 4.78 is 0. The zero-order valence-electron chi connectivity index (χ0n) is 13.8. The van der Waals surface area contributed by atoms with Gasteiger partial charge in [0.25, 0.3) is 5.91 Å². The number of rotatable bonds is 5. The molecule has 1 aliphatic rings. The Morgan fingerprint density at radius 3 is 2.38 bits per heavy atom. The van der Waals surface area contributed by atoms with Crippen molar-refractivity contribution in [3.05, 3.63) is 59.7 Å². The van der Waals surface area contributed by atoms with Crippen LogP contribution in [0, 0.1) is 0 Å². The average molecular weight is 359 g/mol. The monoisotopic (exact) mass is 358 g/mol. The lowest BCUT2D eigenvalue weighted by molar-refractivity contribution is 0.0951. The van der Waals surface area contributed by atoms with Crippen LogP contribution in [0.3, 0.4) is 0 Å². The fourth-order valence-electron chi connectivity index (χ4n) is 2.67. The molecular formula is C19H22N2OS2. The van der Waals surface area contributed by atoms with Crippen LogP contribution in [0.15, 0.2) is 53.4 Å². The van der Waals surface area contributed by atoms with E-state index in [0.29, 0.717) is 12.1 Å². The minimum atomic E-state index is -0.0280. The molecule has 0 aromatic heterocycles. The van der Waals surface area contributed by atoms with Crippen LogP contribution in [0.4, 0.5) is 5.69 Å². The number of amides is 1. The zero-order chi connectivity index (χ0) is 16.8. The van der Waals surface area contributed by atoms with Gasteiger partial charge in [-0.1, -0.05) is 12.1 Å². The van der Waals surface area contributed by atoms with Gasteiger partial charge in [-0.3, -0.25) is 4.79 Å². The summed E-state index contributed by atoms with van der Waals surface area (Å²) in [6, 6.07) is 16.2. The third kappa shape index (κ3) is 4.48. The number of carbonyl (C=O) groups is 1. The smallest absolute Gasteiger partial charge is 0.251 e. The Balaban J connectivity index is 1.54. The fourth-order valence-corrected chi connectivity index (χ4v) is 3.98. The van der Waals surface area contributed by atoms with Crippen LogP contribution in [-0.4, -0.2) is 36.8 Å². The molecule has 0 bridgehead atoms. The third-order valence-electron chi connectivity index (χ3n) is 4.12. The number of nitrogens with zero attached hydrogens (tertiary/aromatic N) is 1. The van der Waals surface area contributed by atoms with Gasteiger partial charge in [0.1, 0.15) is 0 Å². The van der Waals surface area contributed by atoms with Gasteiger partial charge < -0.3 is 10.2 Å². The second kappa shape index (κ2) is 8.49. The summed E-state index contributed by atoms with van der Waals surface area (Å²) in [5.41, 5.74) is 3.10. The second-order valence-corrected chi connectivity index (χ2v) is 7.78. The Labute approximate surface area is 152 Å². The van der Waals surface area contributed by atoms with Gasteiger partial charge in [0.15, 0.2) is 0 Å². The molecule has 3 rings (SSSR count). The molecule has 1 saturated heterocycles. The molecule has 24 heavy (non-hydrogen) atoms. The van der Waals surface area contributed by atoms with Gasteiger partial charge in [0.05, 0.1) is 0 Å². The fraction of sp³-hybridized carbons (Fsp3) is 0.316. The van der Waals surface area contributed by atoms with Gasteiger partial charge >= 0.3 is 0 Å². The molecule has 2 aromatic rings. The summed E-state index contributed by atoms with van der Waals surface area (Å²) in [5, 5.41) is 2.99. The van der Waals surface area contributed by atoms with Crippen LogP contribution < -0.4 is 10.2 Å². The van der Waals surface area contributed by atoms with Crippen molar-refractivity contribution in [1.29, 1.82) is 0 Å². The number of nitrogens with one attached hydrogen (secondary N) is 1. The molecule has 1 heterocycles. The largest absolute Gasteiger partial charge is 0.370 e. The lowest BCUT2D eigenvalue weighted by atomic mass is 10.1. The van der Waals surface area contributed by atoms with E-state index in [4.69, 9.17) is 0 Å². The molecule has 0 spiro atoms. The first-order valence-corrected chi connectivity index (χ1v) is 10.5. The number of carbonyl (C=O) groups excluding carboxylic acids is 1. The number of benzene rings is 2. The van der Waals surface area contributed by atoms with E-state index in [1.165, 1.54) is 22.1 Å². The van der Waals surface area contributed by atoms with Crippen LogP contribution in [0.1, 0.15) is 15.9 Å². The first-order valence-electron chi connectivity index (χ1n) is 8.10. The van der Waals surface area contributed by atoms with Crippen LogP contribution in [-0.2, 0) is 6.54 Å². The van der Waals surface area contributed by atoms with Crippen molar-refractivity contribution >= 4 is 35.1 Å². The quantitative estimate of drug-likeness (QED) is 0.822. The van der Waals surface area contributed by atoms with Crippen molar-refractivity contribution in [1.82, 2.24) is 5.32 Å². The molecule has 3 nitrogen and oxygen atoms in total. The Hall–Kier alpha value is -1.59. The predicted octanol–water partition coefficient (Wildman–Crippen LogP) is 3.89. The van der Waals surface area contributed by atoms with Crippen molar-refractivity contribution in [3.8, 4) is 0 Å². The van der Waals surface area contributed by atoms with Crippen molar-refractivity contribution < 1.29 is 4.79 Å². The summed E-state index contributed by atoms with van der Waals surface area (Å²) in [5.74, 6) is 2.38. The van der Waals surface area contributed by atoms with Gasteiger partial charge in [0.2, 0.25) is 0 Å². The summed E-state index contributed by atoms with van der Waals surface area (Å²) in [4.78, 5) is 15.8. The Morgan fingerprint density at radius 1 is 1.08 bits per heavy atom. The molecule has 1 N–H and O–H groups in total.